The number of anilines is 1. The van der Waals surface area contributed by atoms with Crippen molar-refractivity contribution in [1.82, 2.24) is 4.90 Å². The summed E-state index contributed by atoms with van der Waals surface area (Å²) in [4.78, 5) is 28.7. The van der Waals surface area contributed by atoms with E-state index in [0.717, 1.165) is 44.6 Å². The van der Waals surface area contributed by atoms with Crippen molar-refractivity contribution < 1.29 is 14.3 Å². The highest BCUT2D eigenvalue weighted by Crippen LogP contribution is 2.43. The fraction of sp³-hybridized carbons (Fsp3) is 0.600. The number of hydrogen-bond donors (Lipinski definition) is 0. The van der Waals surface area contributed by atoms with Crippen LogP contribution in [0.5, 0.6) is 0 Å². The fourth-order valence-corrected chi connectivity index (χ4v) is 4.23. The van der Waals surface area contributed by atoms with E-state index < -0.39 is 0 Å². The average Bonchev–Trinajstić information content (AvgIpc) is 3.11. The molecule has 2 heterocycles. The van der Waals surface area contributed by atoms with Gasteiger partial charge in [0.15, 0.2) is 0 Å². The van der Waals surface area contributed by atoms with Crippen LogP contribution in [0.1, 0.15) is 44.1 Å². The van der Waals surface area contributed by atoms with Crippen molar-refractivity contribution in [3.8, 4) is 0 Å². The highest BCUT2D eigenvalue weighted by molar-refractivity contribution is 5.99. The third kappa shape index (κ3) is 3.17. The standard InChI is InChI=1S/C20H26N2O3/c1-2-25-18-12-16(18)20(24)22-13-14(15-6-3-4-7-17(15)22)9-11-21-10-5-8-19(21)23/h3-4,6-7,14,16,18H,2,5,8-13H2,1H3/t14-,16+,18+/m0/s1. The summed E-state index contributed by atoms with van der Waals surface area (Å²) in [6.45, 7) is 5.05. The van der Waals surface area contributed by atoms with Crippen molar-refractivity contribution in [3.63, 3.8) is 0 Å². The molecule has 1 aliphatic carbocycles. The number of carbonyl (C=O) groups is 2. The zero-order valence-electron chi connectivity index (χ0n) is 14.8. The smallest absolute Gasteiger partial charge is 0.232 e. The van der Waals surface area contributed by atoms with Gasteiger partial charge in [-0.05, 0) is 37.8 Å². The molecule has 25 heavy (non-hydrogen) atoms. The molecule has 1 aromatic carbocycles. The fourth-order valence-electron chi connectivity index (χ4n) is 4.23. The Hall–Kier alpha value is -1.88. The van der Waals surface area contributed by atoms with E-state index in [4.69, 9.17) is 4.74 Å². The Morgan fingerprint density at radius 1 is 1.32 bits per heavy atom. The Morgan fingerprint density at radius 2 is 2.16 bits per heavy atom. The number of carbonyl (C=O) groups excluding carboxylic acids is 2. The largest absolute Gasteiger partial charge is 0.378 e. The van der Waals surface area contributed by atoms with E-state index >= 15 is 0 Å². The normalized spacial score (nSPS) is 27.7. The molecule has 5 heteroatoms. The first-order valence-corrected chi connectivity index (χ1v) is 9.48. The molecule has 1 saturated heterocycles. The van der Waals surface area contributed by atoms with Gasteiger partial charge in [0.25, 0.3) is 0 Å². The van der Waals surface area contributed by atoms with Crippen molar-refractivity contribution in [2.24, 2.45) is 5.92 Å². The summed E-state index contributed by atoms with van der Waals surface area (Å²) < 4.78 is 5.60. The summed E-state index contributed by atoms with van der Waals surface area (Å²) in [6.07, 6.45) is 3.54. The summed E-state index contributed by atoms with van der Waals surface area (Å²) >= 11 is 0. The van der Waals surface area contributed by atoms with E-state index in [1.165, 1.54) is 5.56 Å². The van der Waals surface area contributed by atoms with Crippen molar-refractivity contribution in [1.29, 1.82) is 0 Å². The zero-order chi connectivity index (χ0) is 17.4. The topological polar surface area (TPSA) is 49.9 Å². The lowest BCUT2D eigenvalue weighted by molar-refractivity contribution is -0.127. The maximum Gasteiger partial charge on any atom is 0.232 e. The number of para-hydroxylation sites is 1. The molecule has 0 N–H and O–H groups in total. The van der Waals surface area contributed by atoms with Crippen molar-refractivity contribution >= 4 is 17.5 Å². The first-order chi connectivity index (χ1) is 12.2. The molecule has 5 nitrogen and oxygen atoms in total. The van der Waals surface area contributed by atoms with Crippen LogP contribution < -0.4 is 4.90 Å². The van der Waals surface area contributed by atoms with Crippen LogP contribution in [0.15, 0.2) is 24.3 Å². The van der Waals surface area contributed by atoms with Crippen LogP contribution in [0.4, 0.5) is 5.69 Å². The first kappa shape index (κ1) is 16.6. The Bertz CT molecular complexity index is 675. The van der Waals surface area contributed by atoms with E-state index in [2.05, 4.69) is 6.07 Å². The molecule has 134 valence electrons. The van der Waals surface area contributed by atoms with Crippen LogP contribution in [-0.2, 0) is 14.3 Å². The predicted molar refractivity (Wildman–Crippen MR) is 95.5 cm³/mol. The minimum absolute atomic E-state index is 0.0203. The highest BCUT2D eigenvalue weighted by Gasteiger charge is 2.48. The molecule has 0 unspecified atom stereocenters. The van der Waals surface area contributed by atoms with Gasteiger partial charge in [-0.1, -0.05) is 18.2 Å². The van der Waals surface area contributed by atoms with Crippen LogP contribution in [-0.4, -0.2) is 49.1 Å². The second-order valence-corrected chi connectivity index (χ2v) is 7.31. The van der Waals surface area contributed by atoms with Crippen LogP contribution in [0.25, 0.3) is 0 Å². The molecular formula is C20H26N2O3. The Kier molecular flexibility index (Phi) is 4.50. The van der Waals surface area contributed by atoms with E-state index in [1.807, 2.05) is 34.9 Å². The maximum absolute atomic E-state index is 12.9. The van der Waals surface area contributed by atoms with E-state index in [9.17, 15) is 9.59 Å². The molecule has 1 saturated carbocycles. The minimum atomic E-state index is 0.0203. The van der Waals surface area contributed by atoms with Gasteiger partial charge >= 0.3 is 0 Å². The molecule has 0 spiro atoms. The SMILES string of the molecule is CCO[C@@H]1C[C@H]1C(=O)N1C[C@H](CCN2CCCC2=O)c2ccccc21. The average molecular weight is 342 g/mol. The van der Waals surface area contributed by atoms with Gasteiger partial charge in [-0.2, -0.15) is 0 Å². The van der Waals surface area contributed by atoms with Crippen molar-refractivity contribution in [2.45, 2.75) is 44.6 Å². The molecule has 2 fully saturated rings. The van der Waals surface area contributed by atoms with Gasteiger partial charge in [-0.25, -0.2) is 0 Å². The molecular weight excluding hydrogens is 316 g/mol. The monoisotopic (exact) mass is 342 g/mol. The predicted octanol–water partition coefficient (Wildman–Crippen LogP) is 2.55. The van der Waals surface area contributed by atoms with Gasteiger partial charge < -0.3 is 14.5 Å². The van der Waals surface area contributed by atoms with E-state index in [1.54, 1.807) is 0 Å². The molecule has 1 aromatic rings. The molecule has 0 bridgehead atoms. The summed E-state index contributed by atoms with van der Waals surface area (Å²) in [5.41, 5.74) is 2.29. The van der Waals surface area contributed by atoms with Gasteiger partial charge in [0.1, 0.15) is 0 Å². The molecule has 3 atom stereocenters. The van der Waals surface area contributed by atoms with Gasteiger partial charge in [0, 0.05) is 44.3 Å². The first-order valence-electron chi connectivity index (χ1n) is 9.48. The summed E-state index contributed by atoms with van der Waals surface area (Å²) in [6, 6.07) is 8.22. The van der Waals surface area contributed by atoms with E-state index in [0.29, 0.717) is 18.9 Å². The second kappa shape index (κ2) is 6.79. The Balaban J connectivity index is 1.44. The molecule has 4 rings (SSSR count). The quantitative estimate of drug-likeness (QED) is 0.798. The molecule has 3 aliphatic rings. The zero-order valence-corrected chi connectivity index (χ0v) is 14.8. The molecule has 0 aromatic heterocycles. The number of likely N-dealkylation sites (tertiary alicyclic amines) is 1. The molecule has 0 radical (unpaired) electrons. The number of rotatable bonds is 6. The minimum Gasteiger partial charge on any atom is -0.378 e. The number of hydrogen-bond acceptors (Lipinski definition) is 3. The number of fused-ring (bicyclic) bond motifs is 1. The van der Waals surface area contributed by atoms with Gasteiger partial charge in [0.2, 0.25) is 11.8 Å². The molecule has 2 amide bonds. The van der Waals surface area contributed by atoms with Crippen LogP contribution in [0.3, 0.4) is 0 Å². The summed E-state index contributed by atoms with van der Waals surface area (Å²) in [5.74, 6) is 0.812. The third-order valence-corrected chi connectivity index (χ3v) is 5.69. The lowest BCUT2D eigenvalue weighted by atomic mass is 9.98. The Labute approximate surface area is 148 Å². The van der Waals surface area contributed by atoms with Crippen LogP contribution >= 0.6 is 0 Å². The van der Waals surface area contributed by atoms with Crippen molar-refractivity contribution in [3.05, 3.63) is 29.8 Å². The number of ether oxygens (including phenoxy) is 1. The van der Waals surface area contributed by atoms with Crippen LogP contribution in [0.2, 0.25) is 0 Å². The lowest BCUT2D eigenvalue weighted by Gasteiger charge is -2.20. The Morgan fingerprint density at radius 3 is 2.92 bits per heavy atom. The lowest BCUT2D eigenvalue weighted by Crippen LogP contribution is -2.33. The van der Waals surface area contributed by atoms with Gasteiger partial charge in [0.05, 0.1) is 12.0 Å². The summed E-state index contributed by atoms with van der Waals surface area (Å²) in [5, 5.41) is 0. The number of nitrogens with zero attached hydrogens (tertiary/aromatic N) is 2. The summed E-state index contributed by atoms with van der Waals surface area (Å²) in [7, 11) is 0. The maximum atomic E-state index is 12.9. The van der Waals surface area contributed by atoms with Gasteiger partial charge in [-0.15, -0.1) is 0 Å². The van der Waals surface area contributed by atoms with E-state index in [-0.39, 0.29) is 23.8 Å². The van der Waals surface area contributed by atoms with Gasteiger partial charge in [-0.3, -0.25) is 9.59 Å². The number of amides is 2. The van der Waals surface area contributed by atoms with Crippen molar-refractivity contribution in [2.75, 3.05) is 31.1 Å². The number of benzene rings is 1. The second-order valence-electron chi connectivity index (χ2n) is 7.31. The third-order valence-electron chi connectivity index (χ3n) is 5.69. The van der Waals surface area contributed by atoms with Crippen LogP contribution in [0, 0.1) is 5.92 Å². The molecule has 2 aliphatic heterocycles. The highest BCUT2D eigenvalue weighted by atomic mass is 16.5.